The lowest BCUT2D eigenvalue weighted by molar-refractivity contribution is -0.151. The second-order valence-corrected chi connectivity index (χ2v) is 15.2. The standard InChI is InChI=1S/C39H42N8O5S/c1-5-32(48)42-29-18-23(10-11-28(29)33-37(49)44(3)16-17-46(33)24-20-52-21-24)41-35-39(51)45(4)19-30(43-35)25-12-14-40-36(22(25)2)47-15-13-27-26-8-6-7-9-31(26)53-34(27)38(47)50/h5,10-12,14,18-19,24,33H,1,6-9,13,15-17,20-21H2,2-4H3,(H,41,43)(H,42,48). The van der Waals surface area contributed by atoms with Gasteiger partial charge in [0, 0.05) is 79.1 Å². The number of ether oxygens (including phenoxy) is 1. The minimum atomic E-state index is -0.626. The van der Waals surface area contributed by atoms with Crippen LogP contribution in [0.3, 0.4) is 0 Å². The second kappa shape index (κ2) is 14.0. The quantitative estimate of drug-likeness (QED) is 0.253. The van der Waals surface area contributed by atoms with Gasteiger partial charge in [-0.2, -0.15) is 0 Å². The molecule has 4 aliphatic rings. The molecule has 53 heavy (non-hydrogen) atoms. The molecule has 6 heterocycles. The predicted octanol–water partition coefficient (Wildman–Crippen LogP) is 4.38. The van der Waals surface area contributed by atoms with Gasteiger partial charge in [-0.1, -0.05) is 12.6 Å². The zero-order chi connectivity index (χ0) is 37.0. The summed E-state index contributed by atoms with van der Waals surface area (Å²) in [6, 6.07) is 6.59. The molecule has 1 aromatic carbocycles. The van der Waals surface area contributed by atoms with Crippen molar-refractivity contribution in [2.75, 3.05) is 55.4 Å². The van der Waals surface area contributed by atoms with Crippen LogP contribution < -0.4 is 21.1 Å². The number of nitrogens with one attached hydrogen (secondary N) is 2. The summed E-state index contributed by atoms with van der Waals surface area (Å²) in [5.41, 5.74) is 5.84. The Bertz CT molecular complexity index is 2230. The third-order valence-corrected chi connectivity index (χ3v) is 12.2. The van der Waals surface area contributed by atoms with E-state index < -0.39 is 11.9 Å². The van der Waals surface area contributed by atoms with Gasteiger partial charge < -0.3 is 24.8 Å². The number of aryl methyl sites for hydroxylation is 2. The first-order valence-electron chi connectivity index (χ1n) is 18.0. The molecule has 2 saturated heterocycles. The average Bonchev–Trinajstić information content (AvgIpc) is 3.52. The molecule has 3 aliphatic heterocycles. The van der Waals surface area contributed by atoms with Crippen molar-refractivity contribution < 1.29 is 19.1 Å². The van der Waals surface area contributed by atoms with Gasteiger partial charge in [0.05, 0.1) is 29.8 Å². The monoisotopic (exact) mass is 734 g/mol. The summed E-state index contributed by atoms with van der Waals surface area (Å²) in [5, 5.41) is 6.05. The van der Waals surface area contributed by atoms with Gasteiger partial charge in [-0.05, 0) is 74.4 Å². The fourth-order valence-electron chi connectivity index (χ4n) is 7.89. The number of hydrogen-bond acceptors (Lipinski definition) is 10. The topological polar surface area (TPSA) is 142 Å². The molecule has 2 fully saturated rings. The summed E-state index contributed by atoms with van der Waals surface area (Å²) in [4.78, 5) is 70.9. The Morgan fingerprint density at radius 2 is 1.85 bits per heavy atom. The highest BCUT2D eigenvalue weighted by Crippen LogP contribution is 2.40. The Morgan fingerprint density at radius 3 is 2.62 bits per heavy atom. The maximum Gasteiger partial charge on any atom is 0.293 e. The molecule has 4 aromatic rings. The van der Waals surface area contributed by atoms with Gasteiger partial charge in [0.2, 0.25) is 11.8 Å². The molecule has 0 radical (unpaired) electrons. The zero-order valence-corrected chi connectivity index (χ0v) is 30.9. The number of carbonyl (C=O) groups is 3. The summed E-state index contributed by atoms with van der Waals surface area (Å²) in [5.74, 6) is 0.136. The lowest BCUT2D eigenvalue weighted by atomic mass is 9.92. The normalized spacial score (nSPS) is 19.0. The van der Waals surface area contributed by atoms with E-state index in [4.69, 9.17) is 9.72 Å². The molecule has 14 heteroatoms. The maximum atomic E-state index is 13.9. The zero-order valence-electron chi connectivity index (χ0n) is 30.1. The second-order valence-electron chi connectivity index (χ2n) is 14.1. The van der Waals surface area contributed by atoms with Crippen molar-refractivity contribution in [3.05, 3.63) is 91.7 Å². The van der Waals surface area contributed by atoms with Crippen molar-refractivity contribution in [2.45, 2.75) is 51.1 Å². The number of rotatable bonds is 8. The van der Waals surface area contributed by atoms with E-state index in [1.165, 1.54) is 39.5 Å². The van der Waals surface area contributed by atoms with E-state index in [2.05, 4.69) is 27.1 Å². The number of aromatic nitrogens is 3. The lowest BCUT2D eigenvalue weighted by Gasteiger charge is -2.46. The summed E-state index contributed by atoms with van der Waals surface area (Å²) in [6.07, 6.45) is 9.77. The first kappa shape index (κ1) is 34.9. The molecule has 0 bridgehead atoms. The first-order valence-corrected chi connectivity index (χ1v) is 18.9. The van der Waals surface area contributed by atoms with Gasteiger partial charge in [-0.3, -0.25) is 29.0 Å². The van der Waals surface area contributed by atoms with Crippen LogP contribution in [-0.2, 0) is 40.6 Å². The molecular formula is C39H42N8O5S. The van der Waals surface area contributed by atoms with Crippen LogP contribution in [0.5, 0.6) is 0 Å². The lowest BCUT2D eigenvalue weighted by Crippen LogP contribution is -2.59. The Morgan fingerprint density at radius 1 is 1.04 bits per heavy atom. The summed E-state index contributed by atoms with van der Waals surface area (Å²) >= 11 is 1.64. The Kier molecular flexibility index (Phi) is 9.21. The third-order valence-electron chi connectivity index (χ3n) is 10.9. The van der Waals surface area contributed by atoms with Gasteiger partial charge in [0.15, 0.2) is 5.82 Å². The summed E-state index contributed by atoms with van der Waals surface area (Å²) < 4.78 is 6.91. The minimum absolute atomic E-state index is 0.0114. The summed E-state index contributed by atoms with van der Waals surface area (Å²) in [7, 11) is 3.44. The fraction of sp³-hybridized carbons (Fsp3) is 0.385. The molecule has 3 aromatic heterocycles. The number of benzene rings is 1. The Balaban J connectivity index is 1.11. The molecule has 1 unspecified atom stereocenters. The first-order chi connectivity index (χ1) is 25.6. The van der Waals surface area contributed by atoms with E-state index in [1.54, 1.807) is 65.8 Å². The van der Waals surface area contributed by atoms with Crippen LogP contribution >= 0.6 is 11.3 Å². The number of anilines is 4. The van der Waals surface area contributed by atoms with E-state index in [0.29, 0.717) is 61.3 Å². The van der Waals surface area contributed by atoms with Gasteiger partial charge in [-0.15, -0.1) is 11.3 Å². The number of amides is 3. The highest BCUT2D eigenvalue weighted by Gasteiger charge is 2.42. The predicted molar refractivity (Wildman–Crippen MR) is 204 cm³/mol. The van der Waals surface area contributed by atoms with E-state index in [9.17, 15) is 19.2 Å². The van der Waals surface area contributed by atoms with Crippen molar-refractivity contribution in [1.29, 1.82) is 0 Å². The third kappa shape index (κ3) is 6.24. The SMILES string of the molecule is C=CC(=O)Nc1cc(Nc2nc(-c3ccnc(N4CCc5c(sc6c5CCCC6)C4=O)c3C)cn(C)c2=O)ccc1C1C(=O)N(C)CCN1C1COC1. The molecule has 3 amide bonds. The number of fused-ring (bicyclic) bond motifs is 3. The van der Waals surface area contributed by atoms with E-state index in [-0.39, 0.29) is 29.2 Å². The van der Waals surface area contributed by atoms with E-state index >= 15 is 0 Å². The molecule has 1 atom stereocenters. The van der Waals surface area contributed by atoms with Crippen LogP contribution in [0.1, 0.15) is 55.7 Å². The van der Waals surface area contributed by atoms with Crippen LogP contribution in [0.15, 0.2) is 54.1 Å². The van der Waals surface area contributed by atoms with Gasteiger partial charge in [0.25, 0.3) is 11.5 Å². The van der Waals surface area contributed by atoms with E-state index in [0.717, 1.165) is 35.3 Å². The van der Waals surface area contributed by atoms with Crippen molar-refractivity contribution in [3.8, 4) is 11.3 Å². The molecule has 13 nitrogen and oxygen atoms in total. The average molecular weight is 735 g/mol. The van der Waals surface area contributed by atoms with Crippen molar-refractivity contribution >= 4 is 52.1 Å². The van der Waals surface area contributed by atoms with Crippen molar-refractivity contribution in [3.63, 3.8) is 0 Å². The fourth-order valence-corrected chi connectivity index (χ4v) is 9.27. The Labute approximate surface area is 311 Å². The van der Waals surface area contributed by atoms with Crippen LogP contribution in [0.4, 0.5) is 23.0 Å². The molecular weight excluding hydrogens is 693 g/mol. The molecule has 0 saturated carbocycles. The number of piperazine rings is 1. The molecule has 2 N–H and O–H groups in total. The molecule has 8 rings (SSSR count). The Hall–Kier alpha value is -5.18. The smallest absolute Gasteiger partial charge is 0.293 e. The molecule has 274 valence electrons. The highest BCUT2D eigenvalue weighted by molar-refractivity contribution is 7.14. The summed E-state index contributed by atoms with van der Waals surface area (Å²) in [6.45, 7) is 8.42. The largest absolute Gasteiger partial charge is 0.378 e. The molecule has 1 aliphatic carbocycles. The van der Waals surface area contributed by atoms with Gasteiger partial charge >= 0.3 is 0 Å². The number of hydrogen-bond donors (Lipinski definition) is 2. The van der Waals surface area contributed by atoms with Crippen LogP contribution in [0.2, 0.25) is 0 Å². The minimum Gasteiger partial charge on any atom is -0.378 e. The van der Waals surface area contributed by atoms with Crippen molar-refractivity contribution in [1.82, 2.24) is 24.3 Å². The van der Waals surface area contributed by atoms with Crippen LogP contribution in [0.25, 0.3) is 11.3 Å². The van der Waals surface area contributed by atoms with Crippen molar-refractivity contribution in [2.24, 2.45) is 7.05 Å². The van der Waals surface area contributed by atoms with Gasteiger partial charge in [-0.25, -0.2) is 9.97 Å². The number of carbonyl (C=O) groups excluding carboxylic acids is 3. The van der Waals surface area contributed by atoms with Gasteiger partial charge in [0.1, 0.15) is 11.9 Å². The van der Waals surface area contributed by atoms with Crippen LogP contribution in [0, 0.1) is 6.92 Å². The number of pyridine rings is 1. The molecule has 0 spiro atoms. The van der Waals surface area contributed by atoms with E-state index in [1.807, 2.05) is 13.0 Å². The number of thiophene rings is 1. The maximum absolute atomic E-state index is 13.9. The number of nitrogens with zero attached hydrogens (tertiary/aromatic N) is 6. The number of likely N-dealkylation sites (N-methyl/N-ethyl adjacent to an activating group) is 1. The van der Waals surface area contributed by atoms with Crippen LogP contribution in [-0.4, -0.2) is 88.0 Å². The highest BCUT2D eigenvalue weighted by atomic mass is 32.1.